The molecule has 3 aromatic rings. The number of benzene rings is 2. The molecule has 0 unspecified atom stereocenters. The monoisotopic (exact) mass is 401 g/mol. The molecule has 1 fully saturated rings. The van der Waals surface area contributed by atoms with Gasteiger partial charge in [0.15, 0.2) is 5.88 Å². The zero-order valence-electron chi connectivity index (χ0n) is 17.4. The Morgan fingerprint density at radius 3 is 1.77 bits per heavy atom. The molecular weight excluding hydrogens is 378 g/mol. The third-order valence-corrected chi connectivity index (χ3v) is 4.88. The van der Waals surface area contributed by atoms with Gasteiger partial charge in [-0.15, -0.1) is 0 Å². The highest BCUT2D eigenvalue weighted by Crippen LogP contribution is 2.33. The van der Waals surface area contributed by atoms with E-state index in [0.717, 1.165) is 11.1 Å². The number of rotatable bonds is 4. The summed E-state index contributed by atoms with van der Waals surface area (Å²) in [7, 11) is 3.72. The van der Waals surface area contributed by atoms with Crippen LogP contribution in [0.5, 0.6) is 0 Å². The van der Waals surface area contributed by atoms with E-state index in [-0.39, 0.29) is 5.57 Å². The number of hydrogen-bond donors (Lipinski definition) is 0. The van der Waals surface area contributed by atoms with Crippen molar-refractivity contribution in [3.05, 3.63) is 83.1 Å². The predicted octanol–water partition coefficient (Wildman–Crippen LogP) is 4.34. The molecule has 0 aliphatic carbocycles. The first-order valence-corrected chi connectivity index (χ1v) is 9.66. The number of aryl methyl sites for hydroxylation is 2. The van der Waals surface area contributed by atoms with Crippen LogP contribution in [0.1, 0.15) is 16.9 Å². The fourth-order valence-electron chi connectivity index (χ4n) is 3.41. The minimum atomic E-state index is -0.394. The fourth-order valence-corrected chi connectivity index (χ4v) is 3.41. The van der Waals surface area contributed by atoms with Crippen molar-refractivity contribution in [2.24, 2.45) is 0 Å². The minimum Gasteiger partial charge on any atom is -0.441 e. The number of hydrazine groups is 1. The second kappa shape index (κ2) is 7.55. The Balaban J connectivity index is 1.83. The first kappa shape index (κ1) is 19.5. The average molecular weight is 401 g/mol. The maximum Gasteiger partial charge on any atom is 0.283 e. The summed E-state index contributed by atoms with van der Waals surface area (Å²) < 4.78 is 5.73. The van der Waals surface area contributed by atoms with Gasteiger partial charge in [0.25, 0.3) is 11.8 Å². The molecule has 30 heavy (non-hydrogen) atoms. The Bertz CT molecular complexity index is 1090. The molecule has 0 N–H and O–H groups in total. The Labute approximate surface area is 175 Å². The van der Waals surface area contributed by atoms with Crippen LogP contribution < -0.4 is 14.9 Å². The summed E-state index contributed by atoms with van der Waals surface area (Å²) in [5, 5.41) is 2.84. The molecule has 4 rings (SSSR count). The van der Waals surface area contributed by atoms with Crippen LogP contribution >= 0.6 is 0 Å². The summed E-state index contributed by atoms with van der Waals surface area (Å²) in [5.41, 5.74) is 3.31. The largest absolute Gasteiger partial charge is 0.441 e. The summed E-state index contributed by atoms with van der Waals surface area (Å²) in [6.07, 6.45) is 1.51. The molecule has 1 aliphatic rings. The van der Waals surface area contributed by atoms with Crippen LogP contribution in [-0.4, -0.2) is 25.9 Å². The van der Waals surface area contributed by atoms with Crippen LogP contribution in [-0.2, 0) is 9.59 Å². The zero-order valence-corrected chi connectivity index (χ0v) is 17.4. The summed E-state index contributed by atoms with van der Waals surface area (Å²) in [6, 6.07) is 18.6. The molecule has 6 heteroatoms. The van der Waals surface area contributed by atoms with E-state index in [0.29, 0.717) is 23.0 Å². The zero-order chi connectivity index (χ0) is 21.4. The van der Waals surface area contributed by atoms with E-state index < -0.39 is 11.8 Å². The third-order valence-electron chi connectivity index (χ3n) is 4.88. The maximum absolute atomic E-state index is 13.4. The molecule has 0 bridgehead atoms. The van der Waals surface area contributed by atoms with Gasteiger partial charge in [-0.25, -0.2) is 10.0 Å². The second-order valence-corrected chi connectivity index (χ2v) is 7.54. The normalized spacial score (nSPS) is 13.9. The molecular formula is C24H23N3O3. The van der Waals surface area contributed by atoms with Crippen molar-refractivity contribution in [2.45, 2.75) is 13.8 Å². The smallest absolute Gasteiger partial charge is 0.283 e. The fraction of sp³-hybridized carbons (Fsp3) is 0.167. The van der Waals surface area contributed by atoms with Crippen molar-refractivity contribution >= 4 is 35.1 Å². The second-order valence-electron chi connectivity index (χ2n) is 7.54. The molecule has 0 atom stereocenters. The highest BCUT2D eigenvalue weighted by molar-refractivity contribution is 6.37. The van der Waals surface area contributed by atoms with Crippen LogP contribution in [0, 0.1) is 13.8 Å². The number of furan rings is 1. The van der Waals surface area contributed by atoms with E-state index in [1.165, 1.54) is 16.1 Å². The van der Waals surface area contributed by atoms with Crippen LogP contribution in [0.3, 0.4) is 0 Å². The molecule has 1 saturated heterocycles. The third kappa shape index (κ3) is 3.48. The lowest BCUT2D eigenvalue weighted by molar-refractivity contribution is -0.116. The Morgan fingerprint density at radius 2 is 1.33 bits per heavy atom. The summed E-state index contributed by atoms with van der Waals surface area (Å²) in [6.45, 7) is 3.90. The average Bonchev–Trinajstić information content (AvgIpc) is 3.27. The van der Waals surface area contributed by atoms with Crippen molar-refractivity contribution < 1.29 is 14.0 Å². The molecule has 0 spiro atoms. The summed E-state index contributed by atoms with van der Waals surface area (Å²) in [4.78, 5) is 28.6. The van der Waals surface area contributed by atoms with Gasteiger partial charge in [0.05, 0.1) is 11.4 Å². The van der Waals surface area contributed by atoms with Gasteiger partial charge in [0.1, 0.15) is 11.3 Å². The van der Waals surface area contributed by atoms with Crippen LogP contribution in [0.25, 0.3) is 6.08 Å². The first-order chi connectivity index (χ1) is 14.3. The number of carbonyl (C=O) groups excluding carboxylic acids is 2. The van der Waals surface area contributed by atoms with E-state index >= 15 is 0 Å². The number of anilines is 3. The van der Waals surface area contributed by atoms with E-state index in [9.17, 15) is 9.59 Å². The van der Waals surface area contributed by atoms with Gasteiger partial charge < -0.3 is 9.32 Å². The molecule has 0 radical (unpaired) electrons. The summed E-state index contributed by atoms with van der Waals surface area (Å²) in [5.74, 6) is 0.307. The lowest BCUT2D eigenvalue weighted by Gasteiger charge is -2.27. The van der Waals surface area contributed by atoms with Crippen molar-refractivity contribution in [3.8, 4) is 0 Å². The van der Waals surface area contributed by atoms with Gasteiger partial charge in [-0.05, 0) is 61.4 Å². The first-order valence-electron chi connectivity index (χ1n) is 9.66. The van der Waals surface area contributed by atoms with Crippen molar-refractivity contribution in [1.82, 2.24) is 0 Å². The number of carbonyl (C=O) groups is 2. The Morgan fingerprint density at radius 1 is 0.800 bits per heavy atom. The minimum absolute atomic E-state index is 0.0534. The van der Waals surface area contributed by atoms with Gasteiger partial charge in [-0.3, -0.25) is 9.59 Å². The Kier molecular flexibility index (Phi) is 4.91. The van der Waals surface area contributed by atoms with E-state index in [1.54, 1.807) is 12.1 Å². The molecule has 1 aliphatic heterocycles. The lowest BCUT2D eigenvalue weighted by Crippen LogP contribution is -2.41. The molecule has 1 aromatic heterocycles. The molecule has 2 amide bonds. The topological polar surface area (TPSA) is 57.0 Å². The molecule has 0 saturated carbocycles. The molecule has 2 aromatic carbocycles. The Hall–Kier alpha value is -3.80. The van der Waals surface area contributed by atoms with Crippen LogP contribution in [0.4, 0.5) is 17.3 Å². The predicted molar refractivity (Wildman–Crippen MR) is 118 cm³/mol. The highest BCUT2D eigenvalue weighted by Gasteiger charge is 2.43. The summed E-state index contributed by atoms with van der Waals surface area (Å²) >= 11 is 0. The lowest BCUT2D eigenvalue weighted by atomic mass is 10.2. The van der Waals surface area contributed by atoms with Crippen molar-refractivity contribution in [2.75, 3.05) is 29.0 Å². The standard InChI is InChI=1S/C24H23N3O3/c1-16-7-5-9-18(13-16)26-23(28)21(15-20-11-12-22(30-20)25(3)4)24(29)27(26)19-10-6-8-17(2)14-19/h5-15H,1-4H3. The van der Waals surface area contributed by atoms with Crippen LogP contribution in [0.2, 0.25) is 0 Å². The van der Waals surface area contributed by atoms with Gasteiger partial charge in [-0.1, -0.05) is 24.3 Å². The van der Waals surface area contributed by atoms with Gasteiger partial charge in [0, 0.05) is 20.2 Å². The van der Waals surface area contributed by atoms with E-state index in [1.807, 2.05) is 81.4 Å². The van der Waals surface area contributed by atoms with E-state index in [4.69, 9.17) is 4.42 Å². The van der Waals surface area contributed by atoms with Gasteiger partial charge >= 0.3 is 0 Å². The molecule has 6 nitrogen and oxygen atoms in total. The highest BCUT2D eigenvalue weighted by atomic mass is 16.4. The van der Waals surface area contributed by atoms with Gasteiger partial charge in [-0.2, -0.15) is 0 Å². The van der Waals surface area contributed by atoms with Crippen molar-refractivity contribution in [3.63, 3.8) is 0 Å². The van der Waals surface area contributed by atoms with Crippen molar-refractivity contribution in [1.29, 1.82) is 0 Å². The number of nitrogens with zero attached hydrogens (tertiary/aromatic N) is 3. The molecule has 2 heterocycles. The quantitative estimate of drug-likeness (QED) is 0.482. The number of amides is 2. The van der Waals surface area contributed by atoms with Crippen LogP contribution in [0.15, 0.2) is 70.7 Å². The van der Waals surface area contributed by atoms with Gasteiger partial charge in [0.2, 0.25) is 0 Å². The molecule has 152 valence electrons. The maximum atomic E-state index is 13.4. The SMILES string of the molecule is Cc1cccc(N2C(=O)C(=Cc3ccc(N(C)C)o3)C(=O)N2c2cccc(C)c2)c1. The number of hydrogen-bond acceptors (Lipinski definition) is 4. The van der Waals surface area contributed by atoms with E-state index in [2.05, 4.69) is 0 Å².